The van der Waals surface area contributed by atoms with Crippen LogP contribution >= 0.6 is 0 Å². The van der Waals surface area contributed by atoms with Crippen molar-refractivity contribution >= 4 is 11.9 Å². The fourth-order valence-electron chi connectivity index (χ4n) is 3.13. The first kappa shape index (κ1) is 18.8. The SMILES string of the molecule is O=C(COC(=O)c1ccc(OC(F)F)cc1)N[C@@H]1CCCc2ccccc21. The maximum Gasteiger partial charge on any atom is 0.387 e. The second kappa shape index (κ2) is 8.62. The maximum absolute atomic E-state index is 12.1. The number of hydrogen-bond donors (Lipinski definition) is 1. The molecule has 0 aromatic heterocycles. The molecule has 2 aromatic carbocycles. The van der Waals surface area contributed by atoms with Gasteiger partial charge in [-0.25, -0.2) is 4.79 Å². The van der Waals surface area contributed by atoms with Crippen molar-refractivity contribution in [2.24, 2.45) is 0 Å². The van der Waals surface area contributed by atoms with Crippen molar-refractivity contribution in [3.8, 4) is 5.75 Å². The summed E-state index contributed by atoms with van der Waals surface area (Å²) < 4.78 is 33.4. The summed E-state index contributed by atoms with van der Waals surface area (Å²) in [5.74, 6) is -1.16. The van der Waals surface area contributed by atoms with E-state index in [1.807, 2.05) is 18.2 Å². The van der Waals surface area contributed by atoms with Gasteiger partial charge in [0, 0.05) is 0 Å². The summed E-state index contributed by atoms with van der Waals surface area (Å²) in [7, 11) is 0. The molecule has 0 fully saturated rings. The van der Waals surface area contributed by atoms with Gasteiger partial charge in [0.05, 0.1) is 11.6 Å². The van der Waals surface area contributed by atoms with Gasteiger partial charge in [0.25, 0.3) is 5.91 Å². The zero-order chi connectivity index (χ0) is 19.2. The molecule has 1 atom stereocenters. The second-order valence-corrected chi connectivity index (χ2v) is 6.19. The van der Waals surface area contributed by atoms with Crippen molar-refractivity contribution in [3.63, 3.8) is 0 Å². The lowest BCUT2D eigenvalue weighted by molar-refractivity contribution is -0.125. The van der Waals surface area contributed by atoms with Gasteiger partial charge in [-0.2, -0.15) is 8.78 Å². The summed E-state index contributed by atoms with van der Waals surface area (Å²) in [4.78, 5) is 24.1. The Morgan fingerprint density at radius 2 is 1.85 bits per heavy atom. The lowest BCUT2D eigenvalue weighted by Crippen LogP contribution is -2.34. The predicted octanol–water partition coefficient (Wildman–Crippen LogP) is 3.64. The van der Waals surface area contributed by atoms with E-state index in [4.69, 9.17) is 4.74 Å². The molecule has 0 spiro atoms. The highest BCUT2D eigenvalue weighted by Crippen LogP contribution is 2.29. The van der Waals surface area contributed by atoms with Crippen LogP contribution in [0.15, 0.2) is 48.5 Å². The van der Waals surface area contributed by atoms with E-state index < -0.39 is 19.2 Å². The van der Waals surface area contributed by atoms with Crippen molar-refractivity contribution in [2.45, 2.75) is 31.9 Å². The van der Waals surface area contributed by atoms with Crippen LogP contribution in [-0.2, 0) is 16.0 Å². The van der Waals surface area contributed by atoms with E-state index in [-0.39, 0.29) is 23.3 Å². The number of amides is 1. The number of carbonyl (C=O) groups excluding carboxylic acids is 2. The molecule has 3 rings (SSSR count). The number of ether oxygens (including phenoxy) is 2. The van der Waals surface area contributed by atoms with Gasteiger partial charge in [0.15, 0.2) is 6.61 Å². The highest BCUT2D eigenvalue weighted by molar-refractivity contribution is 5.91. The van der Waals surface area contributed by atoms with Crippen molar-refractivity contribution in [2.75, 3.05) is 6.61 Å². The number of alkyl halides is 2. The minimum atomic E-state index is -2.93. The third kappa shape index (κ3) is 5.03. The molecule has 0 aliphatic heterocycles. The Kier molecular flexibility index (Phi) is 6.01. The lowest BCUT2D eigenvalue weighted by atomic mass is 9.88. The molecule has 142 valence electrons. The summed E-state index contributed by atoms with van der Waals surface area (Å²) in [6.45, 7) is -3.34. The number of rotatable bonds is 6. The summed E-state index contributed by atoms with van der Waals surface area (Å²) in [5.41, 5.74) is 2.46. The lowest BCUT2D eigenvalue weighted by Gasteiger charge is -2.26. The Morgan fingerprint density at radius 1 is 1.11 bits per heavy atom. The van der Waals surface area contributed by atoms with E-state index in [1.54, 1.807) is 0 Å². The topological polar surface area (TPSA) is 64.6 Å². The molecule has 1 aliphatic carbocycles. The van der Waals surface area contributed by atoms with Crippen LogP contribution in [0.2, 0.25) is 0 Å². The van der Waals surface area contributed by atoms with Crippen molar-refractivity contribution < 1.29 is 27.8 Å². The molecule has 27 heavy (non-hydrogen) atoms. The monoisotopic (exact) mass is 375 g/mol. The van der Waals surface area contributed by atoms with Crippen LogP contribution in [0.1, 0.15) is 40.4 Å². The number of carbonyl (C=O) groups is 2. The quantitative estimate of drug-likeness (QED) is 0.783. The summed E-state index contributed by atoms with van der Waals surface area (Å²) in [6, 6.07) is 12.9. The van der Waals surface area contributed by atoms with Gasteiger partial charge in [-0.05, 0) is 54.7 Å². The fraction of sp³-hybridized carbons (Fsp3) is 0.300. The van der Waals surface area contributed by atoms with E-state index in [0.717, 1.165) is 24.8 Å². The number of hydrogen-bond acceptors (Lipinski definition) is 4. The molecule has 0 heterocycles. The van der Waals surface area contributed by atoms with E-state index in [2.05, 4.69) is 16.1 Å². The first-order valence-corrected chi connectivity index (χ1v) is 8.62. The molecule has 7 heteroatoms. The Labute approximate surface area is 155 Å². The van der Waals surface area contributed by atoms with E-state index in [9.17, 15) is 18.4 Å². The minimum absolute atomic E-state index is 0.0599. The van der Waals surface area contributed by atoms with Crippen LogP contribution in [0.25, 0.3) is 0 Å². The molecule has 0 radical (unpaired) electrons. The Balaban J connectivity index is 1.51. The third-order valence-electron chi connectivity index (χ3n) is 4.35. The molecule has 0 unspecified atom stereocenters. The summed E-state index contributed by atoms with van der Waals surface area (Å²) in [5, 5.41) is 2.89. The zero-order valence-electron chi connectivity index (χ0n) is 14.5. The highest BCUT2D eigenvalue weighted by Gasteiger charge is 2.22. The summed E-state index contributed by atoms with van der Waals surface area (Å²) >= 11 is 0. The van der Waals surface area contributed by atoms with Crippen molar-refractivity contribution in [3.05, 3.63) is 65.2 Å². The van der Waals surface area contributed by atoms with Crippen LogP contribution in [-0.4, -0.2) is 25.1 Å². The van der Waals surface area contributed by atoms with Gasteiger partial charge in [0.2, 0.25) is 0 Å². The Morgan fingerprint density at radius 3 is 2.59 bits per heavy atom. The average molecular weight is 375 g/mol. The number of halogens is 2. The summed E-state index contributed by atoms with van der Waals surface area (Å²) in [6.07, 6.45) is 2.81. The van der Waals surface area contributed by atoms with E-state index in [0.29, 0.717) is 0 Å². The number of nitrogens with one attached hydrogen (secondary N) is 1. The molecule has 0 saturated carbocycles. The molecule has 1 aliphatic rings. The molecule has 5 nitrogen and oxygen atoms in total. The van der Waals surface area contributed by atoms with Gasteiger partial charge in [0.1, 0.15) is 5.75 Å². The Hall–Kier alpha value is -2.96. The van der Waals surface area contributed by atoms with Crippen LogP contribution < -0.4 is 10.1 Å². The minimum Gasteiger partial charge on any atom is -0.452 e. The van der Waals surface area contributed by atoms with Gasteiger partial charge in [-0.3, -0.25) is 4.79 Å². The Bertz CT molecular complexity index is 808. The van der Waals surface area contributed by atoms with Gasteiger partial charge in [-0.1, -0.05) is 24.3 Å². The average Bonchev–Trinajstić information content (AvgIpc) is 2.66. The van der Waals surface area contributed by atoms with Crippen molar-refractivity contribution in [1.29, 1.82) is 0 Å². The van der Waals surface area contributed by atoms with Gasteiger partial charge < -0.3 is 14.8 Å². The maximum atomic E-state index is 12.1. The van der Waals surface area contributed by atoms with Crippen LogP contribution in [0, 0.1) is 0 Å². The molecular formula is C20H19F2NO4. The molecule has 1 amide bonds. The zero-order valence-corrected chi connectivity index (χ0v) is 14.5. The third-order valence-corrected chi connectivity index (χ3v) is 4.35. The first-order chi connectivity index (χ1) is 13.0. The molecule has 1 N–H and O–H groups in total. The van der Waals surface area contributed by atoms with Gasteiger partial charge >= 0.3 is 12.6 Å². The standard InChI is InChI=1S/C20H19F2NO4/c21-20(22)27-15-10-8-14(9-11-15)19(25)26-12-18(24)23-17-7-3-5-13-4-1-2-6-16(13)17/h1-2,4,6,8-11,17,20H,3,5,7,12H2,(H,23,24)/t17-/m1/s1. The van der Waals surface area contributed by atoms with Crippen LogP contribution in [0.5, 0.6) is 5.75 Å². The largest absolute Gasteiger partial charge is 0.452 e. The number of aryl methyl sites for hydroxylation is 1. The molecular weight excluding hydrogens is 356 g/mol. The number of fused-ring (bicyclic) bond motifs is 1. The van der Waals surface area contributed by atoms with Crippen molar-refractivity contribution in [1.82, 2.24) is 5.32 Å². The van der Waals surface area contributed by atoms with Crippen LogP contribution in [0.4, 0.5) is 8.78 Å². The number of benzene rings is 2. The van der Waals surface area contributed by atoms with E-state index in [1.165, 1.54) is 29.8 Å². The highest BCUT2D eigenvalue weighted by atomic mass is 19.3. The molecule has 0 bridgehead atoms. The molecule has 0 saturated heterocycles. The fourth-order valence-corrected chi connectivity index (χ4v) is 3.13. The molecule has 2 aromatic rings. The predicted molar refractivity (Wildman–Crippen MR) is 93.6 cm³/mol. The van der Waals surface area contributed by atoms with Gasteiger partial charge in [-0.15, -0.1) is 0 Å². The van der Waals surface area contributed by atoms with Crippen LogP contribution in [0.3, 0.4) is 0 Å². The second-order valence-electron chi connectivity index (χ2n) is 6.19. The smallest absolute Gasteiger partial charge is 0.387 e. The normalized spacial score (nSPS) is 15.7. The van der Waals surface area contributed by atoms with E-state index >= 15 is 0 Å². The first-order valence-electron chi connectivity index (χ1n) is 8.62. The number of esters is 1.